The maximum Gasteiger partial charge on any atom is 0.321 e. The van der Waals surface area contributed by atoms with Gasteiger partial charge in [0.25, 0.3) is 0 Å². The average molecular weight is 361 g/mol. The molecule has 1 aromatic rings. The minimum absolute atomic E-state index is 0.0314. The molecule has 0 bridgehead atoms. The summed E-state index contributed by atoms with van der Waals surface area (Å²) in [5.74, 6) is -0.0314. The fraction of sp³-hybridized carbons (Fsp3) is 0.579. The number of hydrogen-bond acceptors (Lipinski definition) is 4. The van der Waals surface area contributed by atoms with Crippen molar-refractivity contribution < 1.29 is 19.4 Å². The predicted octanol–water partition coefficient (Wildman–Crippen LogP) is 2.57. The number of rotatable bonds is 4. The summed E-state index contributed by atoms with van der Waals surface area (Å²) in [6, 6.07) is 7.01. The summed E-state index contributed by atoms with van der Waals surface area (Å²) in [6.07, 6.45) is 3.01. The smallest absolute Gasteiger partial charge is 0.321 e. The Labute approximate surface area is 153 Å². The van der Waals surface area contributed by atoms with Crippen molar-refractivity contribution in [2.45, 2.75) is 50.7 Å². The topological polar surface area (TPSA) is 90.9 Å². The summed E-state index contributed by atoms with van der Waals surface area (Å²) in [6.45, 7) is 3.55. The minimum atomic E-state index is -0.388. The number of urea groups is 1. The van der Waals surface area contributed by atoms with Crippen molar-refractivity contribution in [1.82, 2.24) is 4.90 Å². The van der Waals surface area contributed by atoms with E-state index in [-0.39, 0.29) is 23.6 Å². The van der Waals surface area contributed by atoms with Crippen LogP contribution in [0.4, 0.5) is 16.2 Å². The molecule has 142 valence electrons. The van der Waals surface area contributed by atoms with Crippen molar-refractivity contribution in [3.63, 3.8) is 0 Å². The van der Waals surface area contributed by atoms with Crippen LogP contribution in [0.25, 0.3) is 0 Å². The largest absolute Gasteiger partial charge is 0.391 e. The highest BCUT2D eigenvalue weighted by atomic mass is 16.5. The van der Waals surface area contributed by atoms with Gasteiger partial charge in [0, 0.05) is 37.3 Å². The monoisotopic (exact) mass is 361 g/mol. The molecule has 2 aliphatic rings. The van der Waals surface area contributed by atoms with Gasteiger partial charge in [-0.1, -0.05) is 13.0 Å². The van der Waals surface area contributed by atoms with Crippen LogP contribution < -0.4 is 10.6 Å². The lowest BCUT2D eigenvalue weighted by Crippen LogP contribution is -2.47. The van der Waals surface area contributed by atoms with Crippen molar-refractivity contribution in [3.05, 3.63) is 24.3 Å². The van der Waals surface area contributed by atoms with E-state index >= 15 is 0 Å². The number of carbonyl (C=O) groups excluding carboxylic acids is 2. The van der Waals surface area contributed by atoms with E-state index in [1.807, 2.05) is 6.92 Å². The van der Waals surface area contributed by atoms with Gasteiger partial charge in [0.2, 0.25) is 5.91 Å². The zero-order valence-corrected chi connectivity index (χ0v) is 15.2. The Morgan fingerprint density at radius 2 is 1.96 bits per heavy atom. The number of nitrogens with one attached hydrogen (secondary N) is 2. The Morgan fingerprint density at radius 3 is 2.58 bits per heavy atom. The molecule has 2 aliphatic heterocycles. The van der Waals surface area contributed by atoms with Crippen molar-refractivity contribution >= 4 is 23.3 Å². The first kappa shape index (κ1) is 18.7. The number of amides is 3. The number of likely N-dealkylation sites (tertiary alicyclic amines) is 1. The Hall–Kier alpha value is -2.12. The molecule has 3 N–H and O–H groups in total. The van der Waals surface area contributed by atoms with E-state index in [2.05, 4.69) is 10.6 Å². The highest BCUT2D eigenvalue weighted by Crippen LogP contribution is 2.36. The summed E-state index contributed by atoms with van der Waals surface area (Å²) < 4.78 is 5.76. The highest BCUT2D eigenvalue weighted by Gasteiger charge is 2.42. The zero-order valence-electron chi connectivity index (χ0n) is 15.2. The summed E-state index contributed by atoms with van der Waals surface area (Å²) in [5, 5.41) is 15.4. The highest BCUT2D eigenvalue weighted by molar-refractivity contribution is 5.93. The zero-order chi connectivity index (χ0) is 18.6. The normalized spacial score (nSPS) is 21.6. The maximum absolute atomic E-state index is 12.5. The molecule has 7 heteroatoms. The van der Waals surface area contributed by atoms with Crippen LogP contribution in [-0.4, -0.2) is 53.3 Å². The summed E-state index contributed by atoms with van der Waals surface area (Å²) in [7, 11) is 0. The van der Waals surface area contributed by atoms with E-state index in [0.717, 1.165) is 19.3 Å². The van der Waals surface area contributed by atoms with Crippen molar-refractivity contribution in [2.24, 2.45) is 0 Å². The summed E-state index contributed by atoms with van der Waals surface area (Å²) >= 11 is 0. The molecule has 0 radical (unpaired) electrons. The van der Waals surface area contributed by atoms with Gasteiger partial charge in [-0.2, -0.15) is 0 Å². The lowest BCUT2D eigenvalue weighted by molar-refractivity contribution is -0.116. The number of ether oxygens (including phenoxy) is 1. The maximum atomic E-state index is 12.5. The molecule has 0 aromatic heterocycles. The molecule has 0 aliphatic carbocycles. The molecule has 1 spiro atoms. The molecule has 26 heavy (non-hydrogen) atoms. The molecule has 1 unspecified atom stereocenters. The van der Waals surface area contributed by atoms with Crippen LogP contribution >= 0.6 is 0 Å². The van der Waals surface area contributed by atoms with Gasteiger partial charge in [0.1, 0.15) is 0 Å². The van der Waals surface area contributed by atoms with Crippen LogP contribution in [0.1, 0.15) is 39.0 Å². The second-order valence-corrected chi connectivity index (χ2v) is 7.15. The van der Waals surface area contributed by atoms with E-state index < -0.39 is 0 Å². The third kappa shape index (κ3) is 4.53. The molecule has 2 saturated heterocycles. The lowest BCUT2D eigenvalue weighted by atomic mass is 9.88. The number of aliphatic hydroxyl groups excluding tert-OH is 1. The standard InChI is InChI=1S/C19H27N3O4/c1-2-4-17(24)20-14-5-3-6-15(11-14)21-18(25)22-9-7-19(8-10-22)12-16(23)13-26-19/h3,5-6,11,16,23H,2,4,7-10,12-13H2,1H3,(H,20,24)(H,21,25). The number of anilines is 2. The fourth-order valence-electron chi connectivity index (χ4n) is 3.61. The van der Waals surface area contributed by atoms with Crippen molar-refractivity contribution in [1.29, 1.82) is 0 Å². The first-order chi connectivity index (χ1) is 12.5. The first-order valence-corrected chi connectivity index (χ1v) is 9.27. The summed E-state index contributed by atoms with van der Waals surface area (Å²) in [5.41, 5.74) is 1.06. The Balaban J connectivity index is 1.53. The molecule has 2 fully saturated rings. The molecule has 2 heterocycles. The van der Waals surface area contributed by atoms with Gasteiger partial charge in [-0.05, 0) is 37.5 Å². The first-order valence-electron chi connectivity index (χ1n) is 9.27. The SMILES string of the molecule is CCCC(=O)Nc1cccc(NC(=O)N2CCC3(CC2)CC(O)CO3)c1. The Kier molecular flexibility index (Phi) is 5.78. The van der Waals surface area contributed by atoms with Crippen LogP contribution in [0.2, 0.25) is 0 Å². The molecule has 1 aromatic carbocycles. The van der Waals surface area contributed by atoms with E-state index in [1.54, 1.807) is 29.2 Å². The van der Waals surface area contributed by atoms with Gasteiger partial charge in [-0.25, -0.2) is 4.79 Å². The molecule has 3 amide bonds. The predicted molar refractivity (Wildman–Crippen MR) is 99.1 cm³/mol. The third-order valence-electron chi connectivity index (χ3n) is 5.03. The van der Waals surface area contributed by atoms with Crippen molar-refractivity contribution in [3.8, 4) is 0 Å². The molecule has 1 atom stereocenters. The van der Waals surface area contributed by atoms with E-state index in [9.17, 15) is 14.7 Å². The van der Waals surface area contributed by atoms with Gasteiger partial charge < -0.3 is 25.4 Å². The Morgan fingerprint density at radius 1 is 1.27 bits per heavy atom. The van der Waals surface area contributed by atoms with E-state index in [1.165, 1.54) is 0 Å². The third-order valence-corrected chi connectivity index (χ3v) is 5.03. The number of hydrogen-bond donors (Lipinski definition) is 3. The average Bonchev–Trinajstić information content (AvgIpc) is 2.96. The van der Waals surface area contributed by atoms with Gasteiger partial charge in [0.15, 0.2) is 0 Å². The van der Waals surface area contributed by atoms with Crippen LogP contribution in [0, 0.1) is 0 Å². The number of piperidine rings is 1. The number of benzene rings is 1. The van der Waals surface area contributed by atoms with Crippen LogP contribution in [0.5, 0.6) is 0 Å². The second kappa shape index (κ2) is 8.05. The second-order valence-electron chi connectivity index (χ2n) is 7.15. The molecule has 7 nitrogen and oxygen atoms in total. The van der Waals surface area contributed by atoms with Crippen LogP contribution in [-0.2, 0) is 9.53 Å². The Bertz CT molecular complexity index is 656. The van der Waals surface area contributed by atoms with Crippen LogP contribution in [0.3, 0.4) is 0 Å². The summed E-state index contributed by atoms with van der Waals surface area (Å²) in [4.78, 5) is 26.0. The van der Waals surface area contributed by atoms with Gasteiger partial charge in [-0.3, -0.25) is 4.79 Å². The van der Waals surface area contributed by atoms with E-state index in [0.29, 0.717) is 43.9 Å². The van der Waals surface area contributed by atoms with Gasteiger partial charge in [0.05, 0.1) is 18.3 Å². The van der Waals surface area contributed by atoms with Gasteiger partial charge >= 0.3 is 6.03 Å². The van der Waals surface area contributed by atoms with Gasteiger partial charge in [-0.15, -0.1) is 0 Å². The van der Waals surface area contributed by atoms with Crippen molar-refractivity contribution in [2.75, 3.05) is 30.3 Å². The number of aliphatic hydroxyl groups is 1. The quantitative estimate of drug-likeness (QED) is 0.769. The van der Waals surface area contributed by atoms with Crippen LogP contribution in [0.15, 0.2) is 24.3 Å². The minimum Gasteiger partial charge on any atom is -0.391 e. The lowest BCUT2D eigenvalue weighted by Gasteiger charge is -2.38. The number of nitrogens with zero attached hydrogens (tertiary/aromatic N) is 1. The number of carbonyl (C=O) groups is 2. The molecular formula is C19H27N3O4. The van der Waals surface area contributed by atoms with E-state index in [4.69, 9.17) is 4.74 Å². The molecule has 3 rings (SSSR count). The molecule has 0 saturated carbocycles. The molecular weight excluding hydrogens is 334 g/mol. The fourth-order valence-corrected chi connectivity index (χ4v) is 3.61.